The fourth-order valence-electron chi connectivity index (χ4n) is 1.63. The molecule has 1 aromatic heterocycles. The molecule has 0 aliphatic heterocycles. The largest absolute Gasteiger partial charge is 0.472 e. The smallest absolute Gasteiger partial charge is 0.124 e. The van der Waals surface area contributed by atoms with Crippen LogP contribution in [0.15, 0.2) is 41.2 Å². The van der Waals surface area contributed by atoms with Gasteiger partial charge in [0.2, 0.25) is 0 Å². The van der Waals surface area contributed by atoms with Crippen molar-refractivity contribution < 1.29 is 8.81 Å². The molecule has 0 bridgehead atoms. The average molecular weight is 254 g/mol. The molecule has 0 aliphatic rings. The van der Waals surface area contributed by atoms with E-state index in [0.717, 1.165) is 11.1 Å². The normalized spacial score (nSPS) is 12.6. The van der Waals surface area contributed by atoms with Gasteiger partial charge in [0.25, 0.3) is 0 Å². The third-order valence-electron chi connectivity index (χ3n) is 2.62. The minimum absolute atomic E-state index is 0.0537. The first-order chi connectivity index (χ1) is 8.16. The van der Waals surface area contributed by atoms with Crippen LogP contribution in [0.5, 0.6) is 0 Å². The number of hydrogen-bond donors (Lipinski definition) is 1. The van der Waals surface area contributed by atoms with Gasteiger partial charge in [0.1, 0.15) is 5.82 Å². The van der Waals surface area contributed by atoms with E-state index in [1.165, 1.54) is 12.1 Å². The van der Waals surface area contributed by atoms with Crippen LogP contribution >= 0.6 is 11.6 Å². The van der Waals surface area contributed by atoms with E-state index in [2.05, 4.69) is 5.32 Å². The van der Waals surface area contributed by atoms with Gasteiger partial charge < -0.3 is 9.73 Å². The lowest BCUT2D eigenvalue weighted by atomic mass is 10.1. The highest BCUT2D eigenvalue weighted by Crippen LogP contribution is 2.23. The van der Waals surface area contributed by atoms with Crippen LogP contribution in [0.4, 0.5) is 4.39 Å². The monoisotopic (exact) mass is 253 g/mol. The third-order valence-corrected chi connectivity index (χ3v) is 2.95. The molecule has 2 aromatic rings. The van der Waals surface area contributed by atoms with Gasteiger partial charge in [0.05, 0.1) is 12.5 Å². The van der Waals surface area contributed by atoms with Crippen molar-refractivity contribution in [1.82, 2.24) is 5.32 Å². The molecule has 0 saturated heterocycles. The second-order valence-electron chi connectivity index (χ2n) is 3.90. The summed E-state index contributed by atoms with van der Waals surface area (Å²) in [5.74, 6) is -0.319. The highest BCUT2D eigenvalue weighted by Gasteiger charge is 2.10. The van der Waals surface area contributed by atoms with E-state index in [-0.39, 0.29) is 11.9 Å². The number of halogens is 2. The van der Waals surface area contributed by atoms with Gasteiger partial charge in [-0.15, -0.1) is 0 Å². The van der Waals surface area contributed by atoms with Crippen molar-refractivity contribution in [3.8, 4) is 0 Å². The predicted octanol–water partition coefficient (Wildman–Crippen LogP) is 3.92. The number of hydrogen-bond acceptors (Lipinski definition) is 2. The van der Waals surface area contributed by atoms with Crippen LogP contribution < -0.4 is 5.32 Å². The standard InChI is InChI=1S/C13H13ClFNO/c1-9(16-7-10-4-5-17-8-10)12-3-2-11(15)6-13(12)14/h2-6,8-9,16H,7H2,1H3. The minimum atomic E-state index is -0.319. The molecule has 0 aliphatic carbocycles. The van der Waals surface area contributed by atoms with Crippen LogP contribution in [0.25, 0.3) is 0 Å². The van der Waals surface area contributed by atoms with Gasteiger partial charge >= 0.3 is 0 Å². The molecule has 0 spiro atoms. The summed E-state index contributed by atoms with van der Waals surface area (Å²) in [5.41, 5.74) is 1.95. The maximum absolute atomic E-state index is 12.9. The molecule has 2 rings (SSSR count). The number of rotatable bonds is 4. The van der Waals surface area contributed by atoms with Gasteiger partial charge in [0, 0.05) is 23.2 Å². The molecule has 0 fully saturated rings. The summed E-state index contributed by atoms with van der Waals surface area (Å²) in [4.78, 5) is 0. The van der Waals surface area contributed by atoms with Crippen LogP contribution in [-0.4, -0.2) is 0 Å². The Morgan fingerprint density at radius 3 is 2.88 bits per heavy atom. The molecule has 4 heteroatoms. The topological polar surface area (TPSA) is 25.2 Å². The predicted molar refractivity (Wildman–Crippen MR) is 65.4 cm³/mol. The number of furan rings is 1. The minimum Gasteiger partial charge on any atom is -0.472 e. The van der Waals surface area contributed by atoms with Crippen molar-refractivity contribution in [1.29, 1.82) is 0 Å². The van der Waals surface area contributed by atoms with E-state index in [1.807, 2.05) is 13.0 Å². The zero-order valence-electron chi connectivity index (χ0n) is 9.41. The third kappa shape index (κ3) is 3.08. The Hall–Kier alpha value is -1.32. The van der Waals surface area contributed by atoms with Gasteiger partial charge in [-0.2, -0.15) is 0 Å². The molecule has 90 valence electrons. The Kier molecular flexibility index (Phi) is 3.82. The Labute approximate surface area is 104 Å². The Balaban J connectivity index is 2.01. The fraction of sp³-hybridized carbons (Fsp3) is 0.231. The van der Waals surface area contributed by atoms with Gasteiger partial charge in [0.15, 0.2) is 0 Å². The summed E-state index contributed by atoms with van der Waals surface area (Å²) >= 11 is 5.99. The first-order valence-electron chi connectivity index (χ1n) is 5.36. The van der Waals surface area contributed by atoms with E-state index in [9.17, 15) is 4.39 Å². The lowest BCUT2D eigenvalue weighted by Gasteiger charge is -2.15. The number of nitrogens with one attached hydrogen (secondary N) is 1. The summed E-state index contributed by atoms with van der Waals surface area (Å²) in [6.45, 7) is 2.67. The van der Waals surface area contributed by atoms with Gasteiger partial charge in [-0.1, -0.05) is 17.7 Å². The molecule has 0 radical (unpaired) electrons. The fourth-order valence-corrected chi connectivity index (χ4v) is 1.96. The van der Waals surface area contributed by atoms with E-state index >= 15 is 0 Å². The van der Waals surface area contributed by atoms with Crippen LogP contribution in [0.2, 0.25) is 5.02 Å². The lowest BCUT2D eigenvalue weighted by molar-refractivity contribution is 0.546. The van der Waals surface area contributed by atoms with Crippen molar-refractivity contribution in [2.45, 2.75) is 19.5 Å². The highest BCUT2D eigenvalue weighted by molar-refractivity contribution is 6.31. The van der Waals surface area contributed by atoms with Crippen molar-refractivity contribution in [2.75, 3.05) is 0 Å². The van der Waals surface area contributed by atoms with Gasteiger partial charge in [-0.05, 0) is 30.7 Å². The Bertz CT molecular complexity index is 484. The van der Waals surface area contributed by atoms with Gasteiger partial charge in [-0.25, -0.2) is 4.39 Å². The molecule has 2 nitrogen and oxygen atoms in total. The SMILES string of the molecule is CC(NCc1ccoc1)c1ccc(F)cc1Cl. The van der Waals surface area contributed by atoms with Crippen LogP contribution in [0.3, 0.4) is 0 Å². The molecular formula is C13H13ClFNO. The van der Waals surface area contributed by atoms with Crippen molar-refractivity contribution >= 4 is 11.6 Å². The molecule has 17 heavy (non-hydrogen) atoms. The molecule has 1 N–H and O–H groups in total. The molecule has 1 unspecified atom stereocenters. The van der Waals surface area contributed by atoms with E-state index in [1.54, 1.807) is 18.6 Å². The zero-order chi connectivity index (χ0) is 12.3. The summed E-state index contributed by atoms with van der Waals surface area (Å²) < 4.78 is 17.9. The molecule has 1 atom stereocenters. The van der Waals surface area contributed by atoms with E-state index in [4.69, 9.17) is 16.0 Å². The van der Waals surface area contributed by atoms with E-state index < -0.39 is 0 Å². The lowest BCUT2D eigenvalue weighted by Crippen LogP contribution is -2.18. The quantitative estimate of drug-likeness (QED) is 0.893. The molecular weight excluding hydrogens is 241 g/mol. The van der Waals surface area contributed by atoms with Crippen LogP contribution in [0, 0.1) is 5.82 Å². The first-order valence-corrected chi connectivity index (χ1v) is 5.74. The summed E-state index contributed by atoms with van der Waals surface area (Å²) in [6.07, 6.45) is 3.32. The summed E-state index contributed by atoms with van der Waals surface area (Å²) in [6, 6.07) is 6.39. The van der Waals surface area contributed by atoms with Gasteiger partial charge in [-0.3, -0.25) is 0 Å². The number of benzene rings is 1. The second-order valence-corrected chi connectivity index (χ2v) is 4.31. The highest BCUT2D eigenvalue weighted by atomic mass is 35.5. The first kappa shape index (κ1) is 12.1. The molecule has 1 aromatic carbocycles. The summed E-state index contributed by atoms with van der Waals surface area (Å²) in [7, 11) is 0. The maximum atomic E-state index is 12.9. The van der Waals surface area contributed by atoms with Crippen LogP contribution in [-0.2, 0) is 6.54 Å². The van der Waals surface area contributed by atoms with Crippen molar-refractivity contribution in [2.24, 2.45) is 0 Å². The zero-order valence-corrected chi connectivity index (χ0v) is 10.2. The molecule has 0 saturated carbocycles. The van der Waals surface area contributed by atoms with Crippen LogP contribution in [0.1, 0.15) is 24.1 Å². The second kappa shape index (κ2) is 5.34. The molecule has 0 amide bonds. The maximum Gasteiger partial charge on any atom is 0.124 e. The van der Waals surface area contributed by atoms with Crippen molar-refractivity contribution in [3.63, 3.8) is 0 Å². The molecule has 1 heterocycles. The Morgan fingerprint density at radius 1 is 1.41 bits per heavy atom. The summed E-state index contributed by atoms with van der Waals surface area (Å²) in [5, 5.41) is 3.74. The average Bonchev–Trinajstić information content (AvgIpc) is 2.78. The van der Waals surface area contributed by atoms with Crippen molar-refractivity contribution in [3.05, 3.63) is 58.8 Å². The van der Waals surface area contributed by atoms with E-state index in [0.29, 0.717) is 11.6 Å². The Morgan fingerprint density at radius 2 is 2.24 bits per heavy atom.